The van der Waals surface area contributed by atoms with Crippen LogP contribution in [0.3, 0.4) is 0 Å². The van der Waals surface area contributed by atoms with E-state index in [4.69, 9.17) is 8.48 Å². The molecule has 0 aromatic carbocycles. The lowest BCUT2D eigenvalue weighted by molar-refractivity contribution is -0.0468. The van der Waals surface area contributed by atoms with Crippen LogP contribution in [-0.4, -0.2) is 6.50 Å². The van der Waals surface area contributed by atoms with Gasteiger partial charge in [0.15, 0.2) is 0 Å². The molecule has 0 aromatic heterocycles. The van der Waals surface area contributed by atoms with Gasteiger partial charge >= 0.3 is 0 Å². The molecule has 4 saturated carbocycles. The highest BCUT2D eigenvalue weighted by Crippen LogP contribution is 2.59. The van der Waals surface area contributed by atoms with E-state index in [9.17, 15) is 0 Å². The first kappa shape index (κ1) is 5.64. The zero-order chi connectivity index (χ0) is 9.97. The van der Waals surface area contributed by atoms with E-state index in [2.05, 4.69) is 0 Å². The van der Waals surface area contributed by atoms with Gasteiger partial charge in [-0.1, -0.05) is 0 Å². The summed E-state index contributed by atoms with van der Waals surface area (Å²) in [6.07, 6.45) is 7.24. The highest BCUT2D eigenvalue weighted by atomic mass is 14.7. The van der Waals surface area contributed by atoms with Crippen molar-refractivity contribution in [2.75, 3.05) is 6.50 Å². The Labute approximate surface area is 77.5 Å². The lowest BCUT2D eigenvalue weighted by Crippen LogP contribution is -2.49. The summed E-state index contributed by atoms with van der Waals surface area (Å²) in [7, 11) is 0. The molecular weight excluding hydrogens is 146 g/mol. The fraction of sp³-hybridized carbons (Fsp3) is 1.00. The maximum atomic E-state index is 7.85. The Hall–Kier alpha value is -0.0400. The minimum absolute atomic E-state index is 0.151. The Morgan fingerprint density at radius 3 is 1.83 bits per heavy atom. The van der Waals surface area contributed by atoms with Gasteiger partial charge in [0.05, 0.1) is 0 Å². The molecule has 4 aliphatic carbocycles. The molecule has 0 unspecified atom stereocenters. The summed E-state index contributed by atoms with van der Waals surface area (Å²) in [5.41, 5.74) is 5.62. The summed E-state index contributed by atoms with van der Waals surface area (Å²) in [5.74, 6) is 2.37. The van der Waals surface area contributed by atoms with Crippen molar-refractivity contribution >= 4 is 0 Å². The van der Waals surface area contributed by atoms with Crippen molar-refractivity contribution in [3.63, 3.8) is 0 Å². The van der Waals surface area contributed by atoms with Crippen LogP contribution in [0, 0.1) is 23.2 Å². The largest absolute Gasteiger partial charge is 0.330 e. The average Bonchev–Trinajstić information content (AvgIpc) is 1.98. The normalized spacial score (nSPS) is 59.9. The second-order valence-electron chi connectivity index (χ2n) is 5.34. The van der Waals surface area contributed by atoms with Gasteiger partial charge in [0.2, 0.25) is 0 Å². The van der Waals surface area contributed by atoms with Crippen LogP contribution in [0.4, 0.5) is 0 Å². The fourth-order valence-electron chi connectivity index (χ4n) is 4.29. The molecule has 0 aliphatic heterocycles. The highest BCUT2D eigenvalue weighted by Gasteiger charge is 2.49. The lowest BCUT2D eigenvalue weighted by atomic mass is 9.50. The minimum atomic E-state index is -1.44. The Bertz CT molecular complexity index is 221. The van der Waals surface area contributed by atoms with E-state index in [1.807, 2.05) is 0 Å². The molecule has 4 bridgehead atoms. The maximum absolute atomic E-state index is 7.85. The molecule has 4 rings (SSSR count). The zero-order valence-electron chi connectivity index (χ0n) is 9.55. The number of rotatable bonds is 1. The fourth-order valence-corrected chi connectivity index (χ4v) is 4.29. The van der Waals surface area contributed by atoms with Crippen LogP contribution in [0.5, 0.6) is 0 Å². The van der Waals surface area contributed by atoms with E-state index < -0.39 is 6.50 Å². The van der Waals surface area contributed by atoms with Crippen molar-refractivity contribution in [2.45, 2.75) is 38.5 Å². The van der Waals surface area contributed by atoms with Crippen LogP contribution in [0.25, 0.3) is 0 Å². The third-order valence-corrected chi connectivity index (χ3v) is 4.34. The van der Waals surface area contributed by atoms with Crippen LogP contribution >= 0.6 is 0 Å². The molecule has 0 heterocycles. The summed E-state index contributed by atoms with van der Waals surface area (Å²) in [6.45, 7) is -1.44. The Balaban J connectivity index is 1.95. The quantitative estimate of drug-likeness (QED) is 0.636. The molecule has 0 spiro atoms. The number of nitrogens with two attached hydrogens (primary N) is 1. The predicted molar refractivity (Wildman–Crippen MR) is 49.7 cm³/mol. The van der Waals surface area contributed by atoms with E-state index >= 15 is 0 Å². The summed E-state index contributed by atoms with van der Waals surface area (Å²) in [4.78, 5) is 0. The van der Waals surface area contributed by atoms with Gasteiger partial charge in [-0.05, 0) is 68.2 Å². The molecule has 4 fully saturated rings. The van der Waals surface area contributed by atoms with Crippen molar-refractivity contribution < 1.29 is 2.74 Å². The van der Waals surface area contributed by atoms with Crippen molar-refractivity contribution in [1.82, 2.24) is 0 Å². The van der Waals surface area contributed by atoms with Crippen molar-refractivity contribution in [3.05, 3.63) is 0 Å². The van der Waals surface area contributed by atoms with Gasteiger partial charge in [0.1, 0.15) is 0 Å². The van der Waals surface area contributed by atoms with Crippen molar-refractivity contribution in [1.29, 1.82) is 0 Å². The summed E-state index contributed by atoms with van der Waals surface area (Å²) < 4.78 is 15.7. The Morgan fingerprint density at radius 1 is 1.08 bits per heavy atom. The third kappa shape index (κ3) is 0.891. The van der Waals surface area contributed by atoms with Crippen molar-refractivity contribution in [3.8, 4) is 0 Å². The van der Waals surface area contributed by atoms with Crippen LogP contribution in [0.2, 0.25) is 0 Å². The number of hydrogen-bond donors (Lipinski definition) is 1. The molecule has 2 N–H and O–H groups in total. The van der Waals surface area contributed by atoms with E-state index in [-0.39, 0.29) is 5.41 Å². The second kappa shape index (κ2) is 2.25. The molecule has 0 saturated heterocycles. The first-order chi connectivity index (χ1) is 6.48. The Morgan fingerprint density at radius 2 is 1.50 bits per heavy atom. The summed E-state index contributed by atoms with van der Waals surface area (Å²) >= 11 is 0. The van der Waals surface area contributed by atoms with Gasteiger partial charge in [0.25, 0.3) is 0 Å². The molecule has 0 radical (unpaired) electrons. The first-order valence-electron chi connectivity index (χ1n) is 6.27. The van der Waals surface area contributed by atoms with Crippen molar-refractivity contribution in [2.24, 2.45) is 28.9 Å². The van der Waals surface area contributed by atoms with E-state index in [1.165, 1.54) is 19.3 Å². The van der Waals surface area contributed by atoms with Crippen LogP contribution in [0.1, 0.15) is 41.3 Å². The van der Waals surface area contributed by atoms with Gasteiger partial charge in [-0.25, -0.2) is 0 Å². The zero-order valence-corrected chi connectivity index (χ0v) is 7.55. The SMILES string of the molecule is [2H]C([2H])(N)C12CC3CC(CC(C3)C1)C2. The third-order valence-electron chi connectivity index (χ3n) is 4.34. The van der Waals surface area contributed by atoms with E-state index in [1.54, 1.807) is 0 Å². The van der Waals surface area contributed by atoms with Gasteiger partial charge in [-0.3, -0.25) is 0 Å². The highest BCUT2D eigenvalue weighted by molar-refractivity contribution is 5.01. The minimum Gasteiger partial charge on any atom is -0.330 e. The molecule has 0 aromatic rings. The Kier molecular flexibility index (Phi) is 1.06. The van der Waals surface area contributed by atoms with Crippen LogP contribution in [-0.2, 0) is 0 Å². The van der Waals surface area contributed by atoms with Crippen LogP contribution in [0.15, 0.2) is 0 Å². The summed E-state index contributed by atoms with van der Waals surface area (Å²) in [5, 5.41) is 0. The molecule has 0 amide bonds. The molecule has 68 valence electrons. The second-order valence-corrected chi connectivity index (χ2v) is 5.34. The molecular formula is C11H19N. The summed E-state index contributed by atoms with van der Waals surface area (Å²) in [6, 6.07) is 0. The topological polar surface area (TPSA) is 26.0 Å². The predicted octanol–water partition coefficient (Wildman–Crippen LogP) is 2.16. The molecule has 0 atom stereocenters. The standard InChI is InChI=1S/C11H19N/c12-7-11-4-8-1-9(5-11)3-10(2-8)6-11/h8-10H,1-7,12H2/i7D2. The molecule has 4 aliphatic rings. The van der Waals surface area contributed by atoms with Gasteiger partial charge in [-0.15, -0.1) is 0 Å². The van der Waals surface area contributed by atoms with Crippen LogP contribution < -0.4 is 5.73 Å². The molecule has 1 heteroatoms. The smallest absolute Gasteiger partial charge is 0.0431 e. The van der Waals surface area contributed by atoms with E-state index in [0.29, 0.717) is 0 Å². The lowest BCUT2D eigenvalue weighted by Gasteiger charge is -2.56. The van der Waals surface area contributed by atoms with Gasteiger partial charge < -0.3 is 5.73 Å². The maximum Gasteiger partial charge on any atom is 0.0431 e. The van der Waals surface area contributed by atoms with Gasteiger partial charge in [0, 0.05) is 2.74 Å². The first-order valence-corrected chi connectivity index (χ1v) is 5.27. The molecule has 1 nitrogen and oxygen atoms in total. The van der Waals surface area contributed by atoms with E-state index in [0.717, 1.165) is 37.0 Å². The monoisotopic (exact) mass is 167 g/mol. The molecule has 12 heavy (non-hydrogen) atoms. The number of hydrogen-bond acceptors (Lipinski definition) is 1. The van der Waals surface area contributed by atoms with Gasteiger partial charge in [-0.2, -0.15) is 0 Å². The average molecular weight is 167 g/mol.